The molecule has 1 fully saturated rings. The van der Waals surface area contributed by atoms with Crippen LogP contribution in [0.25, 0.3) is 11.1 Å². The Morgan fingerprint density at radius 2 is 1.56 bits per heavy atom. The van der Waals surface area contributed by atoms with Crippen molar-refractivity contribution in [2.75, 3.05) is 6.61 Å². The molecule has 2 aliphatic carbocycles. The normalized spacial score (nSPS) is 19.2. The minimum Gasteiger partial charge on any atom is -0.480 e. The maximum Gasteiger partial charge on any atom is 0.407 e. The summed E-state index contributed by atoms with van der Waals surface area (Å²) in [5.74, 6) is -1.87. The molecule has 0 unspecified atom stereocenters. The van der Waals surface area contributed by atoms with Crippen LogP contribution in [-0.4, -0.2) is 41.3 Å². The van der Waals surface area contributed by atoms with Crippen LogP contribution >= 0.6 is 0 Å². The number of hydrogen-bond donors (Lipinski definition) is 3. The van der Waals surface area contributed by atoms with Crippen molar-refractivity contribution in [2.45, 2.75) is 63.5 Å². The molecule has 0 bridgehead atoms. The molecule has 0 heterocycles. The molecule has 2 aromatic rings. The molecule has 3 N–H and O–H groups in total. The van der Waals surface area contributed by atoms with Crippen molar-refractivity contribution in [1.29, 1.82) is 0 Å². The van der Waals surface area contributed by atoms with Crippen molar-refractivity contribution in [3.63, 3.8) is 0 Å². The lowest BCUT2D eigenvalue weighted by Gasteiger charge is -2.30. The Labute approximate surface area is 199 Å². The summed E-state index contributed by atoms with van der Waals surface area (Å²) < 4.78 is 5.64. The Morgan fingerprint density at radius 3 is 2.12 bits per heavy atom. The molecule has 0 aromatic heterocycles. The summed E-state index contributed by atoms with van der Waals surface area (Å²) in [5.41, 5.74) is 3.31. The largest absolute Gasteiger partial charge is 0.480 e. The van der Waals surface area contributed by atoms with Crippen molar-refractivity contribution in [3.05, 3.63) is 59.7 Å². The Kier molecular flexibility index (Phi) is 6.91. The highest BCUT2D eigenvalue weighted by Gasteiger charge is 2.41. The number of rotatable bonds is 8. The average Bonchev–Trinajstić information content (AvgIpc) is 3.43. The van der Waals surface area contributed by atoms with E-state index in [2.05, 4.69) is 34.9 Å². The topological polar surface area (TPSA) is 105 Å². The van der Waals surface area contributed by atoms with Crippen molar-refractivity contribution in [1.82, 2.24) is 10.6 Å². The van der Waals surface area contributed by atoms with E-state index in [1.165, 1.54) is 0 Å². The summed E-state index contributed by atoms with van der Waals surface area (Å²) in [6, 6.07) is 15.9. The quantitative estimate of drug-likeness (QED) is 0.535. The summed E-state index contributed by atoms with van der Waals surface area (Å²) in [6.07, 6.45) is 2.07. The first-order valence-electron chi connectivity index (χ1n) is 12.1. The third-order valence-corrected chi connectivity index (χ3v) is 7.48. The van der Waals surface area contributed by atoms with Crippen LogP contribution in [0.2, 0.25) is 0 Å². The number of hydrogen-bond acceptors (Lipinski definition) is 4. The number of carboxylic acid groups (broad SMARTS) is 1. The predicted octanol–water partition coefficient (Wildman–Crippen LogP) is 4.45. The number of nitrogens with one attached hydrogen (secondary N) is 2. The highest BCUT2D eigenvalue weighted by atomic mass is 16.5. The van der Waals surface area contributed by atoms with Gasteiger partial charge in [0.15, 0.2) is 0 Å². The molecule has 0 radical (unpaired) electrons. The van der Waals surface area contributed by atoms with Gasteiger partial charge in [-0.1, -0.05) is 68.8 Å². The van der Waals surface area contributed by atoms with E-state index < -0.39 is 23.5 Å². The smallest absolute Gasteiger partial charge is 0.407 e. The SMILES string of the molecule is CCC(CC)(NC(=O)[C@H]1CCC[C@H]1NC(=O)OCC1c2ccccc2-c2ccccc21)C(=O)O. The third-order valence-electron chi connectivity index (χ3n) is 7.48. The molecule has 4 rings (SSSR count). The second kappa shape index (κ2) is 9.87. The molecule has 2 amide bonds. The molecule has 2 aromatic carbocycles. The fourth-order valence-electron chi connectivity index (χ4n) is 5.35. The maximum absolute atomic E-state index is 13.0. The first kappa shape index (κ1) is 23.8. The maximum atomic E-state index is 13.0. The highest BCUT2D eigenvalue weighted by molar-refractivity contribution is 5.89. The van der Waals surface area contributed by atoms with Gasteiger partial charge in [0.1, 0.15) is 12.1 Å². The Balaban J connectivity index is 1.39. The Hall–Kier alpha value is -3.35. The van der Waals surface area contributed by atoms with Crippen LogP contribution in [0.4, 0.5) is 4.79 Å². The molecular formula is C27H32N2O5. The highest BCUT2D eigenvalue weighted by Crippen LogP contribution is 2.44. The van der Waals surface area contributed by atoms with Crippen molar-refractivity contribution >= 4 is 18.0 Å². The summed E-state index contributed by atoms with van der Waals surface area (Å²) in [7, 11) is 0. The van der Waals surface area contributed by atoms with Gasteiger partial charge in [-0.05, 0) is 47.9 Å². The van der Waals surface area contributed by atoms with E-state index in [0.29, 0.717) is 25.7 Å². The van der Waals surface area contributed by atoms with Gasteiger partial charge >= 0.3 is 12.1 Å². The number of benzene rings is 2. The number of alkyl carbamates (subject to hydrolysis) is 1. The van der Waals surface area contributed by atoms with Gasteiger partial charge in [-0.25, -0.2) is 9.59 Å². The number of ether oxygens (including phenoxy) is 1. The number of aliphatic carboxylic acids is 1. The first-order chi connectivity index (χ1) is 16.4. The molecule has 0 spiro atoms. The summed E-state index contributed by atoms with van der Waals surface area (Å²) in [5, 5.41) is 15.2. The third kappa shape index (κ3) is 4.39. The standard InChI is InChI=1S/C27H32N2O5/c1-3-27(4-2,25(31)32)29-24(30)21-14-9-15-23(21)28-26(33)34-16-22-19-12-7-5-10-17(19)18-11-6-8-13-20(18)22/h5-8,10-13,21-23H,3-4,9,14-16H2,1-2H3,(H,28,33)(H,29,30)(H,31,32)/t21-,23+/m0/s1. The van der Waals surface area contributed by atoms with Gasteiger partial charge in [0.2, 0.25) is 5.91 Å². The molecule has 0 aliphatic heterocycles. The van der Waals surface area contributed by atoms with Crippen LogP contribution in [0.5, 0.6) is 0 Å². The predicted molar refractivity (Wildman–Crippen MR) is 128 cm³/mol. The fraction of sp³-hybridized carbons (Fsp3) is 0.444. The lowest BCUT2D eigenvalue weighted by atomic mass is 9.91. The van der Waals surface area contributed by atoms with Gasteiger partial charge in [-0.2, -0.15) is 0 Å². The zero-order valence-electron chi connectivity index (χ0n) is 19.7. The number of carbonyl (C=O) groups is 3. The summed E-state index contributed by atoms with van der Waals surface area (Å²) in [4.78, 5) is 37.4. The van der Waals surface area contributed by atoms with Gasteiger partial charge in [0.25, 0.3) is 0 Å². The van der Waals surface area contributed by atoms with Crippen LogP contribution in [0, 0.1) is 5.92 Å². The van der Waals surface area contributed by atoms with Crippen molar-refractivity contribution in [2.24, 2.45) is 5.92 Å². The van der Waals surface area contributed by atoms with Crippen molar-refractivity contribution < 1.29 is 24.2 Å². The summed E-state index contributed by atoms with van der Waals surface area (Å²) in [6.45, 7) is 3.70. The monoisotopic (exact) mass is 464 g/mol. The zero-order chi connectivity index (χ0) is 24.3. The van der Waals surface area contributed by atoms with Gasteiger partial charge in [-0.3, -0.25) is 4.79 Å². The van der Waals surface area contributed by atoms with E-state index in [-0.39, 0.29) is 24.5 Å². The average molecular weight is 465 g/mol. The van der Waals surface area contributed by atoms with Crippen LogP contribution in [0.1, 0.15) is 63.0 Å². The molecule has 7 nitrogen and oxygen atoms in total. The second-order valence-corrected chi connectivity index (χ2v) is 9.20. The van der Waals surface area contributed by atoms with E-state index in [0.717, 1.165) is 28.7 Å². The fourth-order valence-corrected chi connectivity index (χ4v) is 5.35. The second-order valence-electron chi connectivity index (χ2n) is 9.20. The van der Waals surface area contributed by atoms with Crippen LogP contribution < -0.4 is 10.6 Å². The number of fused-ring (bicyclic) bond motifs is 3. The lowest BCUT2D eigenvalue weighted by Crippen LogP contribution is -2.57. The van der Waals surface area contributed by atoms with E-state index in [9.17, 15) is 19.5 Å². The van der Waals surface area contributed by atoms with Gasteiger partial charge < -0.3 is 20.5 Å². The molecule has 180 valence electrons. The molecule has 7 heteroatoms. The van der Waals surface area contributed by atoms with Crippen molar-refractivity contribution in [3.8, 4) is 11.1 Å². The van der Waals surface area contributed by atoms with Crippen LogP contribution in [0.15, 0.2) is 48.5 Å². The molecule has 2 atom stereocenters. The van der Waals surface area contributed by atoms with E-state index in [4.69, 9.17) is 4.74 Å². The molecule has 34 heavy (non-hydrogen) atoms. The number of carboxylic acids is 1. The van der Waals surface area contributed by atoms with E-state index in [1.54, 1.807) is 13.8 Å². The molecule has 1 saturated carbocycles. The molecule has 2 aliphatic rings. The minimum absolute atomic E-state index is 0.0360. The van der Waals surface area contributed by atoms with Crippen LogP contribution in [-0.2, 0) is 14.3 Å². The minimum atomic E-state index is -1.28. The molecular weight excluding hydrogens is 432 g/mol. The number of amides is 2. The number of carbonyl (C=O) groups excluding carboxylic acids is 2. The zero-order valence-corrected chi connectivity index (χ0v) is 19.7. The van der Waals surface area contributed by atoms with Gasteiger partial charge in [0, 0.05) is 12.0 Å². The lowest BCUT2D eigenvalue weighted by molar-refractivity contribution is -0.148. The summed E-state index contributed by atoms with van der Waals surface area (Å²) >= 11 is 0. The first-order valence-corrected chi connectivity index (χ1v) is 12.1. The van der Waals surface area contributed by atoms with Crippen LogP contribution in [0.3, 0.4) is 0 Å². The Bertz CT molecular complexity index is 1030. The van der Waals surface area contributed by atoms with Gasteiger partial charge in [0.05, 0.1) is 5.92 Å². The van der Waals surface area contributed by atoms with E-state index >= 15 is 0 Å². The van der Waals surface area contributed by atoms with Gasteiger partial charge in [-0.15, -0.1) is 0 Å². The Morgan fingerprint density at radius 1 is 0.971 bits per heavy atom. The van der Waals surface area contributed by atoms with E-state index in [1.807, 2.05) is 24.3 Å². The molecule has 0 saturated heterocycles.